The lowest BCUT2D eigenvalue weighted by molar-refractivity contribution is 0.0483. The van der Waals surface area contributed by atoms with Crippen LogP contribution >= 0.6 is 0 Å². The van der Waals surface area contributed by atoms with Gasteiger partial charge in [-0.15, -0.1) is 0 Å². The molecule has 2 unspecified atom stereocenters. The van der Waals surface area contributed by atoms with Gasteiger partial charge in [0.1, 0.15) is 0 Å². The van der Waals surface area contributed by atoms with E-state index in [-0.39, 0.29) is 17.4 Å². The Kier molecular flexibility index (Phi) is 6.07. The molecule has 0 bridgehead atoms. The third-order valence-electron chi connectivity index (χ3n) is 5.30. The maximum atomic E-state index is 11.6. The largest absolute Gasteiger partial charge is 0.465 e. The molecule has 0 spiro atoms. The Morgan fingerprint density at radius 2 is 1.97 bits per heavy atom. The van der Waals surface area contributed by atoms with Crippen molar-refractivity contribution in [2.75, 3.05) is 17.5 Å². The second kappa shape index (κ2) is 8.25. The van der Waals surface area contributed by atoms with Crippen molar-refractivity contribution in [3.8, 4) is 0 Å². The zero-order valence-electron chi connectivity index (χ0n) is 17.6. The lowest BCUT2D eigenvalue weighted by Crippen LogP contribution is -2.51. The summed E-state index contributed by atoms with van der Waals surface area (Å²) in [7, 11) is -3.31. The van der Waals surface area contributed by atoms with Crippen LogP contribution < -0.4 is 4.72 Å². The molecule has 1 fully saturated rings. The number of carboxylic acid groups (broad SMARTS) is 1. The second-order valence-electron chi connectivity index (χ2n) is 8.88. The molecule has 0 saturated carbocycles. The van der Waals surface area contributed by atoms with E-state index in [1.54, 1.807) is 12.1 Å². The van der Waals surface area contributed by atoms with Gasteiger partial charge in [-0.2, -0.15) is 4.98 Å². The molecule has 1 amide bonds. The predicted octanol–water partition coefficient (Wildman–Crippen LogP) is 3.30. The van der Waals surface area contributed by atoms with Gasteiger partial charge < -0.3 is 14.5 Å². The standard InChI is InChI=1S/C20H28N4O5S/c1-20(2,3)16-12-14(9-10-24(16)19(25)26)18-21-17(22-29-18)11-13-5-7-15(8-6-13)23-30(4,27)28/h5-8,14,16,23H,9-12H2,1-4H3,(H,25,26). The van der Waals surface area contributed by atoms with Crippen molar-refractivity contribution in [1.82, 2.24) is 15.0 Å². The van der Waals surface area contributed by atoms with E-state index in [2.05, 4.69) is 14.9 Å². The number of hydrogen-bond acceptors (Lipinski definition) is 6. The normalized spacial score (nSPS) is 20.2. The van der Waals surface area contributed by atoms with Gasteiger partial charge in [-0.05, 0) is 36.0 Å². The van der Waals surface area contributed by atoms with Gasteiger partial charge >= 0.3 is 6.09 Å². The van der Waals surface area contributed by atoms with Gasteiger partial charge in [-0.3, -0.25) is 4.72 Å². The Morgan fingerprint density at radius 3 is 2.53 bits per heavy atom. The molecule has 2 atom stereocenters. The molecule has 3 rings (SSSR count). The quantitative estimate of drug-likeness (QED) is 0.736. The molecule has 0 aliphatic carbocycles. The molecule has 1 saturated heterocycles. The Labute approximate surface area is 176 Å². The molecule has 0 radical (unpaired) electrons. The molecule has 2 N–H and O–H groups in total. The van der Waals surface area contributed by atoms with E-state index < -0.39 is 16.1 Å². The number of nitrogens with one attached hydrogen (secondary N) is 1. The highest BCUT2D eigenvalue weighted by atomic mass is 32.2. The Bertz CT molecular complexity index is 995. The Balaban J connectivity index is 1.68. The van der Waals surface area contributed by atoms with Crippen molar-refractivity contribution < 1.29 is 22.8 Å². The van der Waals surface area contributed by atoms with E-state index in [0.717, 1.165) is 11.8 Å². The number of amides is 1. The number of benzene rings is 1. The summed E-state index contributed by atoms with van der Waals surface area (Å²) in [4.78, 5) is 17.7. The first kappa shape index (κ1) is 22.1. The van der Waals surface area contributed by atoms with Crippen LogP contribution in [0.3, 0.4) is 0 Å². The van der Waals surface area contributed by atoms with E-state index in [1.165, 1.54) is 4.90 Å². The molecule has 9 nitrogen and oxygen atoms in total. The molecule has 1 aromatic carbocycles. The zero-order valence-corrected chi connectivity index (χ0v) is 18.4. The molecule has 2 aromatic rings. The van der Waals surface area contributed by atoms with Gasteiger partial charge in [-0.1, -0.05) is 38.1 Å². The van der Waals surface area contributed by atoms with Gasteiger partial charge in [0.15, 0.2) is 5.82 Å². The lowest BCUT2D eigenvalue weighted by atomic mass is 9.77. The van der Waals surface area contributed by atoms with Crippen LogP contribution in [0.4, 0.5) is 10.5 Å². The minimum absolute atomic E-state index is 0.0208. The van der Waals surface area contributed by atoms with Crippen molar-refractivity contribution in [3.63, 3.8) is 0 Å². The highest BCUT2D eigenvalue weighted by molar-refractivity contribution is 7.92. The highest BCUT2D eigenvalue weighted by Gasteiger charge is 2.40. The molecular weight excluding hydrogens is 408 g/mol. The van der Waals surface area contributed by atoms with Crippen LogP contribution in [0, 0.1) is 5.41 Å². The minimum Gasteiger partial charge on any atom is -0.465 e. The van der Waals surface area contributed by atoms with E-state index >= 15 is 0 Å². The fraction of sp³-hybridized carbons (Fsp3) is 0.550. The number of carbonyl (C=O) groups is 1. The number of nitrogens with zero attached hydrogens (tertiary/aromatic N) is 3. The lowest BCUT2D eigenvalue weighted by Gasteiger charge is -2.43. The zero-order chi connectivity index (χ0) is 22.1. The van der Waals surface area contributed by atoms with Crippen LogP contribution in [0.15, 0.2) is 28.8 Å². The van der Waals surface area contributed by atoms with Crippen molar-refractivity contribution in [3.05, 3.63) is 41.5 Å². The SMILES string of the molecule is CC(C)(C)C1CC(c2nc(Cc3ccc(NS(C)(=O)=O)cc3)no2)CCN1C(=O)O. The maximum absolute atomic E-state index is 11.6. The summed E-state index contributed by atoms with van der Waals surface area (Å²) in [5.74, 6) is 1.11. The third kappa shape index (κ3) is 5.50. The van der Waals surface area contributed by atoms with E-state index in [4.69, 9.17) is 4.52 Å². The molecule has 164 valence electrons. The predicted molar refractivity (Wildman–Crippen MR) is 112 cm³/mol. The number of sulfonamides is 1. The minimum atomic E-state index is -3.31. The van der Waals surface area contributed by atoms with Crippen molar-refractivity contribution in [1.29, 1.82) is 0 Å². The van der Waals surface area contributed by atoms with E-state index in [9.17, 15) is 18.3 Å². The molecule has 1 aromatic heterocycles. The van der Waals surface area contributed by atoms with Crippen molar-refractivity contribution >= 4 is 21.8 Å². The maximum Gasteiger partial charge on any atom is 0.407 e. The summed E-state index contributed by atoms with van der Waals surface area (Å²) in [6, 6.07) is 6.87. The fourth-order valence-corrected chi connectivity index (χ4v) is 4.40. The van der Waals surface area contributed by atoms with Gasteiger partial charge in [0.2, 0.25) is 15.9 Å². The van der Waals surface area contributed by atoms with Crippen molar-refractivity contribution in [2.24, 2.45) is 5.41 Å². The molecule has 1 aliphatic heterocycles. The average Bonchev–Trinajstić information content (AvgIpc) is 3.09. The number of rotatable bonds is 5. The van der Waals surface area contributed by atoms with E-state index in [1.807, 2.05) is 32.9 Å². The smallest absolute Gasteiger partial charge is 0.407 e. The molecular formula is C20H28N4O5S. The summed E-state index contributed by atoms with van der Waals surface area (Å²) in [6.45, 7) is 6.56. The fourth-order valence-electron chi connectivity index (χ4n) is 3.83. The number of likely N-dealkylation sites (tertiary alicyclic amines) is 1. The number of aromatic nitrogens is 2. The first-order chi connectivity index (χ1) is 13.9. The van der Waals surface area contributed by atoms with Crippen LogP contribution in [0.5, 0.6) is 0 Å². The Morgan fingerprint density at radius 1 is 1.30 bits per heavy atom. The van der Waals surface area contributed by atoms with Crippen LogP contribution in [0.2, 0.25) is 0 Å². The number of anilines is 1. The summed E-state index contributed by atoms with van der Waals surface area (Å²) in [6.07, 6.45) is 1.95. The molecule has 30 heavy (non-hydrogen) atoms. The molecule has 10 heteroatoms. The number of piperidine rings is 1. The second-order valence-corrected chi connectivity index (χ2v) is 10.6. The van der Waals surface area contributed by atoms with Crippen LogP contribution in [-0.2, 0) is 16.4 Å². The van der Waals surface area contributed by atoms with Crippen LogP contribution in [0.25, 0.3) is 0 Å². The van der Waals surface area contributed by atoms with Crippen LogP contribution in [-0.4, -0.2) is 53.5 Å². The average molecular weight is 437 g/mol. The first-order valence-electron chi connectivity index (χ1n) is 9.81. The summed E-state index contributed by atoms with van der Waals surface area (Å²) in [5, 5.41) is 13.6. The van der Waals surface area contributed by atoms with E-state index in [0.29, 0.717) is 43.2 Å². The van der Waals surface area contributed by atoms with Crippen molar-refractivity contribution in [2.45, 2.75) is 52.0 Å². The molecule has 2 heterocycles. The topological polar surface area (TPSA) is 126 Å². The van der Waals surface area contributed by atoms with Gasteiger partial charge in [0, 0.05) is 30.6 Å². The number of hydrogen-bond donors (Lipinski definition) is 2. The highest BCUT2D eigenvalue weighted by Crippen LogP contribution is 2.38. The van der Waals surface area contributed by atoms with Crippen LogP contribution in [0.1, 0.15) is 56.8 Å². The Hall–Kier alpha value is -2.62. The monoisotopic (exact) mass is 436 g/mol. The van der Waals surface area contributed by atoms with Gasteiger partial charge in [0.05, 0.1) is 6.26 Å². The first-order valence-corrected chi connectivity index (χ1v) is 11.7. The van der Waals surface area contributed by atoms with Gasteiger partial charge in [0.25, 0.3) is 0 Å². The van der Waals surface area contributed by atoms with Gasteiger partial charge in [-0.25, -0.2) is 13.2 Å². The summed E-state index contributed by atoms with van der Waals surface area (Å²) < 4.78 is 30.5. The molecule has 1 aliphatic rings. The summed E-state index contributed by atoms with van der Waals surface area (Å²) >= 11 is 0. The summed E-state index contributed by atoms with van der Waals surface area (Å²) in [5.41, 5.74) is 1.23. The third-order valence-corrected chi connectivity index (χ3v) is 5.91.